The molecule has 22 heavy (non-hydrogen) atoms. The van der Waals surface area contributed by atoms with Crippen molar-refractivity contribution in [2.45, 2.75) is 26.7 Å². The van der Waals surface area contributed by atoms with Gasteiger partial charge in [-0.2, -0.15) is 0 Å². The number of Topliss-reactive ketones (excluding diaryl/α,β-unsaturated/α-hetero) is 1. The Morgan fingerprint density at radius 3 is 2.45 bits per heavy atom. The Labute approximate surface area is 134 Å². The third kappa shape index (κ3) is 4.82. The van der Waals surface area contributed by atoms with Crippen molar-refractivity contribution in [3.8, 4) is 5.75 Å². The van der Waals surface area contributed by atoms with Crippen LogP contribution in [-0.4, -0.2) is 61.5 Å². The summed E-state index contributed by atoms with van der Waals surface area (Å²) in [7, 11) is 0. The van der Waals surface area contributed by atoms with E-state index in [0.29, 0.717) is 18.6 Å². The van der Waals surface area contributed by atoms with E-state index in [1.165, 1.54) is 13.1 Å². The van der Waals surface area contributed by atoms with Gasteiger partial charge in [0, 0.05) is 39.1 Å². The first-order chi connectivity index (χ1) is 10.7. The number of carbonyl (C=O) groups excluding carboxylic acids is 1. The molecule has 0 aliphatic carbocycles. The highest BCUT2D eigenvalue weighted by molar-refractivity contribution is 5.98. The van der Waals surface area contributed by atoms with Gasteiger partial charge in [0.1, 0.15) is 5.75 Å². The molecule has 0 spiro atoms. The summed E-state index contributed by atoms with van der Waals surface area (Å²) >= 11 is 0. The highest BCUT2D eigenvalue weighted by Gasteiger charge is 2.15. The molecule has 4 nitrogen and oxygen atoms in total. The van der Waals surface area contributed by atoms with Gasteiger partial charge in [0.15, 0.2) is 5.78 Å². The van der Waals surface area contributed by atoms with Crippen LogP contribution in [0, 0.1) is 0 Å². The lowest BCUT2D eigenvalue weighted by Crippen LogP contribution is -2.46. The topological polar surface area (TPSA) is 32.8 Å². The van der Waals surface area contributed by atoms with E-state index in [-0.39, 0.29) is 5.78 Å². The lowest BCUT2D eigenvalue weighted by Gasteiger charge is -2.33. The van der Waals surface area contributed by atoms with Crippen LogP contribution in [-0.2, 0) is 0 Å². The van der Waals surface area contributed by atoms with E-state index >= 15 is 0 Å². The van der Waals surface area contributed by atoms with Crippen LogP contribution >= 0.6 is 0 Å². The number of rotatable bonds is 8. The van der Waals surface area contributed by atoms with Gasteiger partial charge in [-0.05, 0) is 25.1 Å². The zero-order chi connectivity index (χ0) is 15.8. The Kier molecular flexibility index (Phi) is 6.87. The molecule has 0 atom stereocenters. The maximum Gasteiger partial charge on any atom is 0.166 e. The third-order valence-electron chi connectivity index (χ3n) is 4.30. The third-order valence-corrected chi connectivity index (χ3v) is 4.30. The summed E-state index contributed by atoms with van der Waals surface area (Å²) in [6.45, 7) is 11.6. The van der Waals surface area contributed by atoms with Gasteiger partial charge in [0.25, 0.3) is 0 Å². The van der Waals surface area contributed by atoms with Gasteiger partial charge < -0.3 is 14.5 Å². The average molecular weight is 304 g/mol. The van der Waals surface area contributed by atoms with Crippen LogP contribution in [0.1, 0.15) is 37.0 Å². The molecule has 122 valence electrons. The molecule has 1 saturated heterocycles. The smallest absolute Gasteiger partial charge is 0.166 e. The second-order valence-electron chi connectivity index (χ2n) is 5.75. The summed E-state index contributed by atoms with van der Waals surface area (Å²) in [5, 5.41) is 0. The molecule has 0 N–H and O–H groups in total. The van der Waals surface area contributed by atoms with E-state index in [4.69, 9.17) is 4.74 Å². The largest absolute Gasteiger partial charge is 0.493 e. The summed E-state index contributed by atoms with van der Waals surface area (Å²) in [5.41, 5.74) is 0.710. The maximum absolute atomic E-state index is 11.9. The van der Waals surface area contributed by atoms with Crippen molar-refractivity contribution in [2.24, 2.45) is 0 Å². The summed E-state index contributed by atoms with van der Waals surface area (Å²) in [6.07, 6.45) is 1.52. The molecule has 0 amide bonds. The number of hydrogen-bond donors (Lipinski definition) is 0. The average Bonchev–Trinajstić information content (AvgIpc) is 2.59. The fraction of sp³-hybridized carbons (Fsp3) is 0.611. The molecule has 1 aromatic carbocycles. The van der Waals surface area contributed by atoms with Crippen molar-refractivity contribution < 1.29 is 9.53 Å². The molecule has 1 fully saturated rings. The molecular weight excluding hydrogens is 276 g/mol. The molecule has 0 radical (unpaired) electrons. The molecule has 0 aromatic heterocycles. The fourth-order valence-electron chi connectivity index (χ4n) is 2.81. The zero-order valence-electron chi connectivity index (χ0n) is 13.9. The normalized spacial score (nSPS) is 16.6. The van der Waals surface area contributed by atoms with E-state index in [1.807, 2.05) is 31.2 Å². The SMILES string of the molecule is CCC(=O)c1ccccc1OCCCN1CCN(CC)CC1. The second-order valence-corrected chi connectivity index (χ2v) is 5.75. The van der Waals surface area contributed by atoms with Gasteiger partial charge in [0.05, 0.1) is 12.2 Å². The molecule has 1 heterocycles. The van der Waals surface area contributed by atoms with Crippen LogP contribution in [0.25, 0.3) is 0 Å². The fourth-order valence-corrected chi connectivity index (χ4v) is 2.81. The van der Waals surface area contributed by atoms with Gasteiger partial charge >= 0.3 is 0 Å². The Bertz CT molecular complexity index is 468. The minimum Gasteiger partial charge on any atom is -0.493 e. The molecule has 1 aliphatic heterocycles. The molecule has 0 unspecified atom stereocenters. The van der Waals surface area contributed by atoms with Crippen molar-refractivity contribution in [3.05, 3.63) is 29.8 Å². The Balaban J connectivity index is 1.72. The molecule has 2 rings (SSSR count). The highest BCUT2D eigenvalue weighted by Crippen LogP contribution is 2.19. The molecular formula is C18H28N2O2. The minimum atomic E-state index is 0.145. The van der Waals surface area contributed by atoms with E-state index in [2.05, 4.69) is 16.7 Å². The van der Waals surface area contributed by atoms with Crippen molar-refractivity contribution in [1.29, 1.82) is 0 Å². The van der Waals surface area contributed by atoms with Crippen molar-refractivity contribution in [3.63, 3.8) is 0 Å². The number of hydrogen-bond acceptors (Lipinski definition) is 4. The second kappa shape index (κ2) is 8.91. The predicted octanol–water partition coefficient (Wildman–Crippen LogP) is 2.69. The number of ether oxygens (including phenoxy) is 1. The summed E-state index contributed by atoms with van der Waals surface area (Å²) < 4.78 is 5.84. The van der Waals surface area contributed by atoms with E-state index in [9.17, 15) is 4.79 Å². The Hall–Kier alpha value is -1.39. The first-order valence-electron chi connectivity index (χ1n) is 8.44. The molecule has 4 heteroatoms. The number of likely N-dealkylation sites (N-methyl/N-ethyl adjacent to an activating group) is 1. The van der Waals surface area contributed by atoms with Crippen LogP contribution in [0.4, 0.5) is 0 Å². The van der Waals surface area contributed by atoms with E-state index in [1.54, 1.807) is 0 Å². The molecule has 0 saturated carbocycles. The monoisotopic (exact) mass is 304 g/mol. The molecule has 1 aromatic rings. The van der Waals surface area contributed by atoms with Crippen molar-refractivity contribution in [2.75, 3.05) is 45.9 Å². The first kappa shape index (κ1) is 17.0. The van der Waals surface area contributed by atoms with Crippen LogP contribution < -0.4 is 4.74 Å². The highest BCUT2D eigenvalue weighted by atomic mass is 16.5. The standard InChI is InChI=1S/C18H28N2O2/c1-3-17(21)16-8-5-6-9-18(16)22-15-7-10-20-13-11-19(4-2)12-14-20/h5-6,8-9H,3-4,7,10-15H2,1-2H3. The lowest BCUT2D eigenvalue weighted by molar-refractivity contribution is 0.0983. The van der Waals surface area contributed by atoms with Crippen LogP contribution in [0.15, 0.2) is 24.3 Å². The van der Waals surface area contributed by atoms with Crippen molar-refractivity contribution >= 4 is 5.78 Å². The first-order valence-corrected chi connectivity index (χ1v) is 8.44. The number of piperazine rings is 1. The minimum absolute atomic E-state index is 0.145. The molecule has 1 aliphatic rings. The van der Waals surface area contributed by atoms with Gasteiger partial charge in [-0.1, -0.05) is 26.0 Å². The van der Waals surface area contributed by atoms with Crippen LogP contribution in [0.5, 0.6) is 5.75 Å². The maximum atomic E-state index is 11.9. The Morgan fingerprint density at radius 2 is 1.77 bits per heavy atom. The van der Waals surface area contributed by atoms with Gasteiger partial charge in [-0.3, -0.25) is 4.79 Å². The summed E-state index contributed by atoms with van der Waals surface area (Å²) in [4.78, 5) is 16.9. The number of benzene rings is 1. The Morgan fingerprint density at radius 1 is 1.09 bits per heavy atom. The van der Waals surface area contributed by atoms with Crippen LogP contribution in [0.3, 0.4) is 0 Å². The predicted molar refractivity (Wildman–Crippen MR) is 89.7 cm³/mol. The van der Waals surface area contributed by atoms with Gasteiger partial charge in [0.2, 0.25) is 0 Å². The lowest BCUT2D eigenvalue weighted by atomic mass is 10.1. The van der Waals surface area contributed by atoms with Crippen LogP contribution in [0.2, 0.25) is 0 Å². The van der Waals surface area contributed by atoms with E-state index < -0.39 is 0 Å². The summed E-state index contributed by atoms with van der Waals surface area (Å²) in [6, 6.07) is 7.56. The van der Waals surface area contributed by atoms with E-state index in [0.717, 1.165) is 38.3 Å². The van der Waals surface area contributed by atoms with Gasteiger partial charge in [-0.25, -0.2) is 0 Å². The number of nitrogens with zero attached hydrogens (tertiary/aromatic N) is 2. The quantitative estimate of drug-likeness (QED) is 0.546. The van der Waals surface area contributed by atoms with Gasteiger partial charge in [-0.15, -0.1) is 0 Å². The number of carbonyl (C=O) groups is 1. The summed E-state index contributed by atoms with van der Waals surface area (Å²) in [5.74, 6) is 0.872. The molecule has 0 bridgehead atoms. The van der Waals surface area contributed by atoms with Crippen molar-refractivity contribution in [1.82, 2.24) is 9.80 Å². The number of ketones is 1. The number of para-hydroxylation sites is 1. The zero-order valence-corrected chi connectivity index (χ0v) is 13.9.